The zero-order valence-electron chi connectivity index (χ0n) is 12.4. The van der Waals surface area contributed by atoms with Gasteiger partial charge in [0.25, 0.3) is 0 Å². The number of hydrogen-bond donors (Lipinski definition) is 3. The first-order chi connectivity index (χ1) is 11.1. The Morgan fingerprint density at radius 1 is 1.00 bits per heavy atom. The highest BCUT2D eigenvalue weighted by molar-refractivity contribution is 5.87. The van der Waals surface area contributed by atoms with Crippen molar-refractivity contribution in [2.75, 3.05) is 6.54 Å². The lowest BCUT2D eigenvalue weighted by Crippen LogP contribution is -2.36. The number of aromatic carboxylic acids is 1. The average Bonchev–Trinajstić information content (AvgIpc) is 2.55. The second-order valence-electron chi connectivity index (χ2n) is 4.95. The Balaban J connectivity index is 1.73. The van der Waals surface area contributed by atoms with E-state index in [1.807, 2.05) is 0 Å². The first-order valence-electron chi connectivity index (χ1n) is 7.13. The van der Waals surface area contributed by atoms with E-state index >= 15 is 0 Å². The highest BCUT2D eigenvalue weighted by Gasteiger charge is 2.04. The highest BCUT2D eigenvalue weighted by Crippen LogP contribution is 2.06. The first-order valence-corrected chi connectivity index (χ1v) is 7.13. The summed E-state index contributed by atoms with van der Waals surface area (Å²) in [5.41, 5.74) is 1.54. The van der Waals surface area contributed by atoms with Crippen molar-refractivity contribution in [3.05, 3.63) is 71.0 Å². The monoisotopic (exact) mass is 316 g/mol. The molecule has 2 aromatic carbocycles. The summed E-state index contributed by atoms with van der Waals surface area (Å²) in [6.45, 7) is 0.607. The largest absolute Gasteiger partial charge is 0.478 e. The lowest BCUT2D eigenvalue weighted by atomic mass is 10.1. The first kappa shape index (κ1) is 16.5. The molecule has 0 saturated carbocycles. The molecule has 2 amide bonds. The van der Waals surface area contributed by atoms with Gasteiger partial charge in [-0.15, -0.1) is 0 Å². The van der Waals surface area contributed by atoms with Crippen LogP contribution in [0.2, 0.25) is 0 Å². The van der Waals surface area contributed by atoms with Gasteiger partial charge in [-0.3, -0.25) is 0 Å². The number of halogens is 1. The Bertz CT molecular complexity index is 686. The van der Waals surface area contributed by atoms with E-state index in [4.69, 9.17) is 5.11 Å². The third-order valence-corrected chi connectivity index (χ3v) is 3.29. The zero-order valence-corrected chi connectivity index (χ0v) is 12.4. The number of amides is 2. The number of carbonyl (C=O) groups is 2. The van der Waals surface area contributed by atoms with Gasteiger partial charge in [0.15, 0.2) is 0 Å². The van der Waals surface area contributed by atoms with Gasteiger partial charge in [-0.2, -0.15) is 0 Å². The number of carbonyl (C=O) groups excluding carboxylic acids is 1. The number of urea groups is 1. The Hall–Kier alpha value is -2.89. The molecule has 0 aliphatic rings. The van der Waals surface area contributed by atoms with Gasteiger partial charge in [0.1, 0.15) is 5.82 Å². The van der Waals surface area contributed by atoms with E-state index in [1.54, 1.807) is 30.3 Å². The molecule has 120 valence electrons. The topological polar surface area (TPSA) is 78.4 Å². The molecule has 2 rings (SSSR count). The maximum absolute atomic E-state index is 13.4. The summed E-state index contributed by atoms with van der Waals surface area (Å²) in [5, 5.41) is 14.1. The predicted octanol–water partition coefficient (Wildman–Crippen LogP) is 2.57. The molecule has 0 aliphatic carbocycles. The summed E-state index contributed by atoms with van der Waals surface area (Å²) in [7, 11) is 0. The number of nitrogens with one attached hydrogen (secondary N) is 2. The van der Waals surface area contributed by atoms with Crippen LogP contribution in [-0.2, 0) is 13.0 Å². The van der Waals surface area contributed by atoms with Crippen LogP contribution in [0.25, 0.3) is 0 Å². The Morgan fingerprint density at radius 2 is 1.70 bits per heavy atom. The molecule has 0 radical (unpaired) electrons. The van der Waals surface area contributed by atoms with Crippen molar-refractivity contribution >= 4 is 12.0 Å². The van der Waals surface area contributed by atoms with E-state index < -0.39 is 5.97 Å². The van der Waals surface area contributed by atoms with Gasteiger partial charge in [0, 0.05) is 13.1 Å². The quantitative estimate of drug-likeness (QED) is 0.766. The van der Waals surface area contributed by atoms with Gasteiger partial charge in [-0.05, 0) is 35.7 Å². The molecule has 0 spiro atoms. The van der Waals surface area contributed by atoms with E-state index in [0.29, 0.717) is 18.5 Å². The van der Waals surface area contributed by atoms with Crippen molar-refractivity contribution in [1.82, 2.24) is 10.6 Å². The molecule has 0 unspecified atom stereocenters. The van der Waals surface area contributed by atoms with Gasteiger partial charge < -0.3 is 15.7 Å². The van der Waals surface area contributed by atoms with Gasteiger partial charge in [-0.1, -0.05) is 30.3 Å². The lowest BCUT2D eigenvalue weighted by Gasteiger charge is -2.08. The van der Waals surface area contributed by atoms with E-state index in [2.05, 4.69) is 10.6 Å². The minimum atomic E-state index is -0.990. The van der Waals surface area contributed by atoms with E-state index in [9.17, 15) is 14.0 Å². The van der Waals surface area contributed by atoms with Gasteiger partial charge in [0.05, 0.1) is 5.56 Å². The molecule has 6 heteroatoms. The van der Waals surface area contributed by atoms with Crippen LogP contribution in [0.5, 0.6) is 0 Å². The number of hydrogen-bond acceptors (Lipinski definition) is 2. The van der Waals surface area contributed by atoms with Crippen LogP contribution in [0.1, 0.15) is 21.5 Å². The molecule has 0 aliphatic heterocycles. The molecule has 0 heterocycles. The zero-order chi connectivity index (χ0) is 16.7. The number of benzene rings is 2. The standard InChI is InChI=1S/C17H17FN2O3/c18-15-4-2-1-3-13(15)9-10-19-17(23)20-11-12-5-7-14(8-6-12)16(21)22/h1-8H,9-11H2,(H,21,22)(H2,19,20,23). The van der Waals surface area contributed by atoms with Crippen LogP contribution in [0.3, 0.4) is 0 Å². The molecule has 23 heavy (non-hydrogen) atoms. The van der Waals surface area contributed by atoms with Crippen molar-refractivity contribution in [2.24, 2.45) is 0 Å². The molecular weight excluding hydrogens is 299 g/mol. The van der Waals surface area contributed by atoms with Crippen molar-refractivity contribution < 1.29 is 19.1 Å². The van der Waals surface area contributed by atoms with Crippen LogP contribution < -0.4 is 10.6 Å². The second kappa shape index (κ2) is 7.93. The van der Waals surface area contributed by atoms with Crippen molar-refractivity contribution in [1.29, 1.82) is 0 Å². The second-order valence-corrected chi connectivity index (χ2v) is 4.95. The van der Waals surface area contributed by atoms with Crippen LogP contribution >= 0.6 is 0 Å². The average molecular weight is 316 g/mol. The predicted molar refractivity (Wildman–Crippen MR) is 83.7 cm³/mol. The molecule has 3 N–H and O–H groups in total. The molecule has 2 aromatic rings. The van der Waals surface area contributed by atoms with Crippen LogP contribution in [0.15, 0.2) is 48.5 Å². The molecule has 0 bridgehead atoms. The SMILES string of the molecule is O=C(NCCc1ccccc1F)NCc1ccc(C(=O)O)cc1. The van der Waals surface area contributed by atoms with Crippen molar-refractivity contribution in [3.8, 4) is 0 Å². The summed E-state index contributed by atoms with van der Waals surface area (Å²) in [6, 6.07) is 12.3. The van der Waals surface area contributed by atoms with Crippen molar-refractivity contribution in [2.45, 2.75) is 13.0 Å². The number of rotatable bonds is 6. The fraction of sp³-hybridized carbons (Fsp3) is 0.176. The van der Waals surface area contributed by atoms with Crippen LogP contribution in [-0.4, -0.2) is 23.7 Å². The highest BCUT2D eigenvalue weighted by atomic mass is 19.1. The Kier molecular flexibility index (Phi) is 5.68. The van der Waals surface area contributed by atoms with Gasteiger partial charge >= 0.3 is 12.0 Å². The summed E-state index contributed by atoms with van der Waals surface area (Å²) >= 11 is 0. The van der Waals surface area contributed by atoms with Crippen molar-refractivity contribution in [3.63, 3.8) is 0 Å². The minimum Gasteiger partial charge on any atom is -0.478 e. The molecule has 5 nitrogen and oxygen atoms in total. The summed E-state index contributed by atoms with van der Waals surface area (Å²) < 4.78 is 13.4. The lowest BCUT2D eigenvalue weighted by molar-refractivity contribution is 0.0697. The summed E-state index contributed by atoms with van der Waals surface area (Å²) in [4.78, 5) is 22.4. The van der Waals surface area contributed by atoms with Crippen LogP contribution in [0.4, 0.5) is 9.18 Å². The summed E-state index contributed by atoms with van der Waals surface area (Å²) in [5.74, 6) is -1.27. The Morgan fingerprint density at radius 3 is 2.35 bits per heavy atom. The van der Waals surface area contributed by atoms with E-state index in [1.165, 1.54) is 18.2 Å². The fourth-order valence-electron chi connectivity index (χ4n) is 2.02. The molecule has 0 saturated heterocycles. The number of carboxylic acids is 1. The van der Waals surface area contributed by atoms with Gasteiger partial charge in [0.2, 0.25) is 0 Å². The van der Waals surface area contributed by atoms with Crippen LogP contribution in [0, 0.1) is 5.82 Å². The minimum absolute atomic E-state index is 0.197. The number of carboxylic acid groups (broad SMARTS) is 1. The maximum Gasteiger partial charge on any atom is 0.335 e. The fourth-order valence-corrected chi connectivity index (χ4v) is 2.02. The molecular formula is C17H17FN2O3. The van der Waals surface area contributed by atoms with Gasteiger partial charge in [-0.25, -0.2) is 14.0 Å². The molecule has 0 aromatic heterocycles. The third-order valence-electron chi connectivity index (χ3n) is 3.29. The smallest absolute Gasteiger partial charge is 0.335 e. The molecule has 0 atom stereocenters. The Labute approximate surface area is 133 Å². The normalized spacial score (nSPS) is 10.1. The molecule has 0 fully saturated rings. The maximum atomic E-state index is 13.4. The summed E-state index contributed by atoms with van der Waals surface area (Å²) in [6.07, 6.45) is 0.410. The van der Waals surface area contributed by atoms with E-state index in [0.717, 1.165) is 5.56 Å². The van der Waals surface area contributed by atoms with E-state index in [-0.39, 0.29) is 24.0 Å². The third kappa shape index (κ3) is 5.10.